The summed E-state index contributed by atoms with van der Waals surface area (Å²) in [5.74, 6) is -0.995. The van der Waals surface area contributed by atoms with Gasteiger partial charge < -0.3 is 25.8 Å². The number of hydrogen-bond donors (Lipinski definition) is 4. The van der Waals surface area contributed by atoms with Crippen molar-refractivity contribution in [2.24, 2.45) is 0 Å². The number of aryl methyl sites for hydroxylation is 1. The second kappa shape index (κ2) is 9.75. The lowest BCUT2D eigenvalue weighted by Gasteiger charge is -2.15. The number of rotatable bonds is 8. The fraction of sp³-hybridized carbons (Fsp3) is 0.208. The van der Waals surface area contributed by atoms with E-state index in [9.17, 15) is 9.59 Å². The number of amides is 1. The number of aromatic amines is 1. The second-order valence-electron chi connectivity index (χ2n) is 7.36. The number of benzene rings is 2. The Morgan fingerprint density at radius 2 is 1.77 bits per heavy atom. The van der Waals surface area contributed by atoms with E-state index in [2.05, 4.69) is 15.6 Å². The first-order valence-electron chi connectivity index (χ1n) is 9.94. The molecule has 0 saturated heterocycles. The number of carbonyl (C=O) groups is 2. The molecule has 160 valence electrons. The van der Waals surface area contributed by atoms with Gasteiger partial charge in [-0.25, -0.2) is 0 Å². The Morgan fingerprint density at radius 1 is 1.06 bits per heavy atom. The first-order chi connectivity index (χ1) is 14.8. The zero-order valence-electron chi connectivity index (χ0n) is 17.8. The van der Waals surface area contributed by atoms with Gasteiger partial charge in [-0.1, -0.05) is 35.9 Å². The summed E-state index contributed by atoms with van der Waals surface area (Å²) in [4.78, 5) is 27.6. The highest BCUT2D eigenvalue weighted by atomic mass is 16.5. The minimum absolute atomic E-state index is 0.0671. The van der Waals surface area contributed by atoms with Gasteiger partial charge in [0.2, 0.25) is 0 Å². The summed E-state index contributed by atoms with van der Waals surface area (Å²) in [7, 11) is 0. The summed E-state index contributed by atoms with van der Waals surface area (Å²) in [5, 5.41) is 14.8. The Bertz CT molecular complexity index is 1140. The second-order valence-corrected chi connectivity index (χ2v) is 7.36. The molecule has 0 fully saturated rings. The molecule has 0 aliphatic heterocycles. The van der Waals surface area contributed by atoms with E-state index in [1.165, 1.54) is 0 Å². The van der Waals surface area contributed by atoms with Crippen LogP contribution in [-0.4, -0.2) is 29.2 Å². The minimum Gasteiger partial charge on any atom is -0.455 e. The van der Waals surface area contributed by atoms with Crippen molar-refractivity contribution in [2.75, 3.05) is 11.9 Å². The van der Waals surface area contributed by atoms with Gasteiger partial charge in [0.05, 0.1) is 17.8 Å². The molecule has 4 N–H and O–H groups in total. The highest BCUT2D eigenvalue weighted by Crippen LogP contribution is 2.18. The quantitative estimate of drug-likeness (QED) is 0.327. The molecule has 1 heterocycles. The molecule has 0 aliphatic carbocycles. The van der Waals surface area contributed by atoms with Crippen LogP contribution in [0.25, 0.3) is 10.9 Å². The minimum atomic E-state index is -0.501. The molecule has 1 amide bonds. The summed E-state index contributed by atoms with van der Waals surface area (Å²) in [5.41, 5.74) is 4.90. The Morgan fingerprint density at radius 3 is 2.48 bits per heavy atom. The van der Waals surface area contributed by atoms with Crippen LogP contribution in [0, 0.1) is 12.3 Å². The Kier molecular flexibility index (Phi) is 6.87. The molecular formula is C24H26N4O3. The molecule has 3 aromatic rings. The monoisotopic (exact) mass is 418 g/mol. The zero-order valence-corrected chi connectivity index (χ0v) is 17.8. The zero-order chi connectivity index (χ0) is 22.4. The summed E-state index contributed by atoms with van der Waals surface area (Å²) >= 11 is 0. The van der Waals surface area contributed by atoms with Gasteiger partial charge in [0, 0.05) is 28.5 Å². The van der Waals surface area contributed by atoms with Crippen molar-refractivity contribution in [2.45, 2.75) is 27.2 Å². The van der Waals surface area contributed by atoms with Crippen LogP contribution >= 0.6 is 0 Å². The summed E-state index contributed by atoms with van der Waals surface area (Å²) in [6.07, 6.45) is 1.84. The number of anilines is 1. The number of carbonyl (C=O) groups excluding carboxylic acids is 2. The third-order valence-corrected chi connectivity index (χ3v) is 4.77. The van der Waals surface area contributed by atoms with Crippen molar-refractivity contribution < 1.29 is 14.3 Å². The first-order valence-corrected chi connectivity index (χ1v) is 9.94. The van der Waals surface area contributed by atoms with E-state index < -0.39 is 18.5 Å². The van der Waals surface area contributed by atoms with Crippen LogP contribution in [0.2, 0.25) is 0 Å². The fourth-order valence-corrected chi connectivity index (χ4v) is 3.19. The van der Waals surface area contributed by atoms with Gasteiger partial charge in [-0.05, 0) is 44.5 Å². The van der Waals surface area contributed by atoms with E-state index in [-0.39, 0.29) is 12.1 Å². The maximum Gasteiger partial charge on any atom is 0.310 e. The van der Waals surface area contributed by atoms with Crippen LogP contribution in [0.4, 0.5) is 5.69 Å². The number of fused-ring (bicyclic) bond motifs is 1. The molecular weight excluding hydrogens is 392 g/mol. The van der Waals surface area contributed by atoms with Crippen molar-refractivity contribution >= 4 is 34.2 Å². The van der Waals surface area contributed by atoms with Gasteiger partial charge in [-0.2, -0.15) is 0 Å². The highest BCUT2D eigenvalue weighted by molar-refractivity contribution is 6.00. The molecule has 3 rings (SSSR count). The van der Waals surface area contributed by atoms with Gasteiger partial charge in [0.25, 0.3) is 5.91 Å². The lowest BCUT2D eigenvalue weighted by molar-refractivity contribution is -0.147. The van der Waals surface area contributed by atoms with Crippen LogP contribution < -0.4 is 10.6 Å². The molecule has 0 radical (unpaired) electrons. The van der Waals surface area contributed by atoms with Crippen molar-refractivity contribution in [1.29, 1.82) is 5.41 Å². The normalized spacial score (nSPS) is 11.6. The van der Waals surface area contributed by atoms with Crippen molar-refractivity contribution in [3.63, 3.8) is 0 Å². The van der Waals surface area contributed by atoms with E-state index in [0.717, 1.165) is 27.7 Å². The predicted octanol–water partition coefficient (Wildman–Crippen LogP) is 4.06. The molecule has 7 nitrogen and oxygen atoms in total. The Balaban J connectivity index is 1.57. The van der Waals surface area contributed by atoms with E-state index in [4.69, 9.17) is 10.1 Å². The fourth-order valence-electron chi connectivity index (χ4n) is 3.19. The molecule has 0 bridgehead atoms. The van der Waals surface area contributed by atoms with Crippen LogP contribution in [0.15, 0.2) is 66.1 Å². The van der Waals surface area contributed by atoms with Gasteiger partial charge >= 0.3 is 5.97 Å². The smallest absolute Gasteiger partial charge is 0.310 e. The maximum absolute atomic E-state index is 12.3. The number of ether oxygens (including phenoxy) is 1. The van der Waals surface area contributed by atoms with Crippen LogP contribution in [0.5, 0.6) is 0 Å². The van der Waals surface area contributed by atoms with Crippen LogP contribution in [-0.2, 0) is 20.7 Å². The van der Waals surface area contributed by atoms with E-state index in [1.54, 1.807) is 20.0 Å². The number of aromatic nitrogens is 1. The van der Waals surface area contributed by atoms with E-state index in [0.29, 0.717) is 11.4 Å². The average molecular weight is 418 g/mol. The SMILES string of the molecule is CC(=N)/C(NC(=O)COC(=O)Cc1c[nH]c2ccccc12)=C(/C)Nc1ccc(C)cc1. The third kappa shape index (κ3) is 5.82. The predicted molar refractivity (Wildman–Crippen MR) is 122 cm³/mol. The maximum atomic E-state index is 12.3. The lowest BCUT2D eigenvalue weighted by atomic mass is 10.1. The number of H-pyrrole nitrogens is 1. The standard InChI is InChI=1S/C24H26N4O3/c1-15-8-10-19(11-9-15)27-17(3)24(16(2)25)28-22(29)14-31-23(30)12-18-13-26-21-7-5-4-6-20(18)21/h4-11,13,25-27H,12,14H2,1-3H3,(H,28,29)/b24-17+,25-16?. The van der Waals surface area contributed by atoms with Crippen molar-refractivity contribution in [1.82, 2.24) is 10.3 Å². The molecule has 7 heteroatoms. The molecule has 0 saturated carbocycles. The van der Waals surface area contributed by atoms with Gasteiger partial charge in [0.15, 0.2) is 6.61 Å². The lowest BCUT2D eigenvalue weighted by Crippen LogP contribution is -2.32. The molecule has 0 aliphatic rings. The molecule has 0 unspecified atom stereocenters. The van der Waals surface area contributed by atoms with Crippen molar-refractivity contribution in [3.8, 4) is 0 Å². The molecule has 2 aromatic carbocycles. The Labute approximate surface area is 181 Å². The summed E-state index contributed by atoms with van der Waals surface area (Å²) in [6, 6.07) is 15.5. The largest absolute Gasteiger partial charge is 0.455 e. The molecule has 31 heavy (non-hydrogen) atoms. The Hall–Kier alpha value is -3.87. The molecule has 0 spiro atoms. The number of para-hydroxylation sites is 1. The number of hydrogen-bond acceptors (Lipinski definition) is 5. The van der Waals surface area contributed by atoms with Crippen molar-refractivity contribution in [3.05, 3.63) is 77.2 Å². The topological polar surface area (TPSA) is 107 Å². The number of allylic oxidation sites excluding steroid dienone is 2. The van der Waals surface area contributed by atoms with Crippen LogP contribution in [0.1, 0.15) is 25.0 Å². The van der Waals surface area contributed by atoms with Gasteiger partial charge in [-0.15, -0.1) is 0 Å². The third-order valence-electron chi connectivity index (χ3n) is 4.77. The first kappa shape index (κ1) is 21.8. The van der Waals surface area contributed by atoms with Crippen LogP contribution in [0.3, 0.4) is 0 Å². The number of nitrogens with one attached hydrogen (secondary N) is 4. The molecule has 0 atom stereocenters. The van der Waals surface area contributed by atoms with Gasteiger partial charge in [-0.3, -0.25) is 9.59 Å². The highest BCUT2D eigenvalue weighted by Gasteiger charge is 2.14. The summed E-state index contributed by atoms with van der Waals surface area (Å²) in [6.45, 7) is 4.94. The summed E-state index contributed by atoms with van der Waals surface area (Å²) < 4.78 is 5.14. The molecule has 1 aromatic heterocycles. The van der Waals surface area contributed by atoms with Gasteiger partial charge in [0.1, 0.15) is 0 Å². The average Bonchev–Trinajstić information content (AvgIpc) is 3.14. The number of esters is 1. The van der Waals surface area contributed by atoms with E-state index in [1.807, 2.05) is 55.5 Å². The van der Waals surface area contributed by atoms with E-state index >= 15 is 0 Å².